The number of carbonyl (C=O) groups excluding carboxylic acids is 1. The standard InChI is InChI=1S/C13H19N3O3/c1-8-9(3-14-15(8)2)12(19)16-4-10-11(5-16)13(10,6-17)7-18/h3,10-11,17-18H,4-7H2,1-2H3. The van der Waals surface area contributed by atoms with Crippen LogP contribution in [0.3, 0.4) is 0 Å². The Hall–Kier alpha value is -1.40. The highest BCUT2D eigenvalue weighted by Gasteiger charge is 2.68. The molecule has 0 spiro atoms. The molecule has 1 aromatic heterocycles. The molecule has 1 aliphatic heterocycles. The number of piperidine rings is 1. The lowest BCUT2D eigenvalue weighted by Gasteiger charge is -2.24. The van der Waals surface area contributed by atoms with Crippen LogP contribution < -0.4 is 0 Å². The summed E-state index contributed by atoms with van der Waals surface area (Å²) in [5.41, 5.74) is 1.16. The molecule has 2 atom stereocenters. The van der Waals surface area contributed by atoms with Gasteiger partial charge in [-0.2, -0.15) is 5.10 Å². The van der Waals surface area contributed by atoms with Crippen molar-refractivity contribution in [2.75, 3.05) is 26.3 Å². The minimum absolute atomic E-state index is 0.00239. The Bertz CT molecular complexity index is 507. The summed E-state index contributed by atoms with van der Waals surface area (Å²) in [5, 5.41) is 22.8. The predicted octanol–water partition coefficient (Wildman–Crippen LogP) is -0.599. The highest BCUT2D eigenvalue weighted by molar-refractivity contribution is 5.95. The molecule has 2 N–H and O–H groups in total. The molecule has 2 unspecified atom stereocenters. The van der Waals surface area contributed by atoms with E-state index < -0.39 is 0 Å². The fourth-order valence-corrected chi connectivity index (χ4v) is 3.40. The van der Waals surface area contributed by atoms with Gasteiger partial charge in [0.2, 0.25) is 0 Å². The maximum atomic E-state index is 12.4. The number of carbonyl (C=O) groups is 1. The molecule has 1 saturated carbocycles. The van der Waals surface area contributed by atoms with E-state index in [1.807, 2.05) is 18.9 Å². The number of aromatic nitrogens is 2. The van der Waals surface area contributed by atoms with E-state index in [1.165, 1.54) is 0 Å². The highest BCUT2D eigenvalue weighted by atomic mass is 16.3. The first-order valence-electron chi connectivity index (χ1n) is 6.54. The number of amides is 1. The van der Waals surface area contributed by atoms with E-state index in [1.54, 1.807) is 10.9 Å². The summed E-state index contributed by atoms with van der Waals surface area (Å²) in [6, 6.07) is 0. The van der Waals surface area contributed by atoms with Crippen molar-refractivity contribution < 1.29 is 15.0 Å². The number of likely N-dealkylation sites (tertiary alicyclic amines) is 1. The molecule has 1 aromatic rings. The molecule has 19 heavy (non-hydrogen) atoms. The van der Waals surface area contributed by atoms with E-state index >= 15 is 0 Å². The Labute approximate surface area is 111 Å². The Balaban J connectivity index is 1.72. The van der Waals surface area contributed by atoms with Crippen molar-refractivity contribution in [2.45, 2.75) is 6.92 Å². The van der Waals surface area contributed by atoms with Crippen LogP contribution in [-0.4, -0.2) is 57.1 Å². The van der Waals surface area contributed by atoms with Gasteiger partial charge in [-0.15, -0.1) is 0 Å². The number of hydrogen-bond acceptors (Lipinski definition) is 4. The minimum Gasteiger partial charge on any atom is -0.396 e. The Morgan fingerprint density at radius 1 is 1.42 bits per heavy atom. The van der Waals surface area contributed by atoms with Crippen LogP contribution in [0, 0.1) is 24.2 Å². The average Bonchev–Trinajstić information content (AvgIpc) is 2.72. The zero-order chi connectivity index (χ0) is 13.8. The third-order valence-electron chi connectivity index (χ3n) is 5.03. The maximum Gasteiger partial charge on any atom is 0.257 e. The van der Waals surface area contributed by atoms with Gasteiger partial charge in [0.05, 0.1) is 25.0 Å². The molecule has 6 nitrogen and oxygen atoms in total. The molecule has 3 rings (SSSR count). The normalized spacial score (nSPS) is 27.5. The van der Waals surface area contributed by atoms with E-state index in [-0.39, 0.29) is 36.4 Å². The number of aliphatic hydroxyl groups is 2. The third kappa shape index (κ3) is 1.56. The van der Waals surface area contributed by atoms with Crippen molar-refractivity contribution >= 4 is 5.91 Å². The molecule has 104 valence electrons. The first kappa shape index (κ1) is 12.6. The molecule has 0 aromatic carbocycles. The second kappa shape index (κ2) is 4.05. The van der Waals surface area contributed by atoms with Crippen molar-refractivity contribution in [3.05, 3.63) is 17.5 Å². The van der Waals surface area contributed by atoms with Gasteiger partial charge in [0, 0.05) is 31.2 Å². The zero-order valence-electron chi connectivity index (χ0n) is 11.2. The smallest absolute Gasteiger partial charge is 0.257 e. The van der Waals surface area contributed by atoms with Gasteiger partial charge in [-0.25, -0.2) is 0 Å². The second-order valence-corrected chi connectivity index (χ2v) is 5.74. The second-order valence-electron chi connectivity index (χ2n) is 5.74. The maximum absolute atomic E-state index is 12.4. The van der Waals surface area contributed by atoms with Crippen LogP contribution in [0.25, 0.3) is 0 Å². The molecule has 1 amide bonds. The molecule has 2 aliphatic rings. The Morgan fingerprint density at radius 2 is 2.00 bits per heavy atom. The Morgan fingerprint density at radius 3 is 2.42 bits per heavy atom. The molecule has 1 aliphatic carbocycles. The lowest BCUT2D eigenvalue weighted by molar-refractivity contribution is 0.0636. The van der Waals surface area contributed by atoms with Crippen molar-refractivity contribution in [1.82, 2.24) is 14.7 Å². The predicted molar refractivity (Wildman–Crippen MR) is 67.4 cm³/mol. The monoisotopic (exact) mass is 265 g/mol. The fraction of sp³-hybridized carbons (Fsp3) is 0.692. The van der Waals surface area contributed by atoms with Gasteiger partial charge in [0.25, 0.3) is 5.91 Å². The molecule has 0 radical (unpaired) electrons. The van der Waals surface area contributed by atoms with Gasteiger partial charge in [-0.05, 0) is 18.8 Å². The first-order valence-corrected chi connectivity index (χ1v) is 6.54. The average molecular weight is 265 g/mol. The Kier molecular flexibility index (Phi) is 2.69. The lowest BCUT2D eigenvalue weighted by atomic mass is 10.0. The van der Waals surface area contributed by atoms with E-state index in [2.05, 4.69) is 5.10 Å². The van der Waals surface area contributed by atoms with Crippen LogP contribution in [0.1, 0.15) is 16.1 Å². The summed E-state index contributed by atoms with van der Waals surface area (Å²) in [4.78, 5) is 14.2. The third-order valence-corrected chi connectivity index (χ3v) is 5.03. The van der Waals surface area contributed by atoms with Crippen molar-refractivity contribution in [3.63, 3.8) is 0 Å². The van der Waals surface area contributed by atoms with Crippen LogP contribution in [0.4, 0.5) is 0 Å². The first-order chi connectivity index (χ1) is 9.05. The molecule has 6 heteroatoms. The number of nitrogens with zero attached hydrogens (tertiary/aromatic N) is 3. The quantitative estimate of drug-likeness (QED) is 0.765. The molecule has 2 heterocycles. The van der Waals surface area contributed by atoms with E-state index in [9.17, 15) is 15.0 Å². The van der Waals surface area contributed by atoms with Crippen molar-refractivity contribution in [1.29, 1.82) is 0 Å². The summed E-state index contributed by atoms with van der Waals surface area (Å²) in [5.74, 6) is 0.481. The molecule has 0 bridgehead atoms. The molecule has 1 saturated heterocycles. The molecular weight excluding hydrogens is 246 g/mol. The fourth-order valence-electron chi connectivity index (χ4n) is 3.40. The van der Waals surface area contributed by atoms with Crippen LogP contribution in [0.2, 0.25) is 0 Å². The van der Waals surface area contributed by atoms with E-state index in [4.69, 9.17) is 0 Å². The van der Waals surface area contributed by atoms with Crippen LogP contribution in [0.15, 0.2) is 6.20 Å². The van der Waals surface area contributed by atoms with Crippen LogP contribution >= 0.6 is 0 Å². The lowest BCUT2D eigenvalue weighted by Crippen LogP contribution is -2.36. The largest absolute Gasteiger partial charge is 0.396 e. The summed E-state index contributed by atoms with van der Waals surface area (Å²) in [6.07, 6.45) is 1.60. The number of aryl methyl sites for hydroxylation is 1. The summed E-state index contributed by atoms with van der Waals surface area (Å²) in [6.45, 7) is 3.14. The number of hydrogen-bond donors (Lipinski definition) is 2. The highest BCUT2D eigenvalue weighted by Crippen LogP contribution is 2.62. The summed E-state index contributed by atoms with van der Waals surface area (Å²) in [7, 11) is 1.82. The molecular formula is C13H19N3O3. The van der Waals surface area contributed by atoms with Crippen molar-refractivity contribution in [2.24, 2.45) is 24.3 Å². The van der Waals surface area contributed by atoms with Gasteiger partial charge in [0.1, 0.15) is 0 Å². The zero-order valence-corrected chi connectivity index (χ0v) is 11.2. The van der Waals surface area contributed by atoms with Gasteiger partial charge in [-0.3, -0.25) is 9.48 Å². The summed E-state index contributed by atoms with van der Waals surface area (Å²) >= 11 is 0. The van der Waals surface area contributed by atoms with E-state index in [0.29, 0.717) is 18.7 Å². The topological polar surface area (TPSA) is 78.6 Å². The van der Waals surface area contributed by atoms with Crippen molar-refractivity contribution in [3.8, 4) is 0 Å². The van der Waals surface area contributed by atoms with Crippen LogP contribution in [-0.2, 0) is 7.05 Å². The van der Waals surface area contributed by atoms with Gasteiger partial charge >= 0.3 is 0 Å². The van der Waals surface area contributed by atoms with Gasteiger partial charge < -0.3 is 15.1 Å². The SMILES string of the molecule is Cc1c(C(=O)N2CC3C(C2)C3(CO)CO)cnn1C. The van der Waals surface area contributed by atoms with Gasteiger partial charge in [0.15, 0.2) is 0 Å². The summed E-state index contributed by atoms with van der Waals surface area (Å²) < 4.78 is 1.69. The number of rotatable bonds is 3. The van der Waals surface area contributed by atoms with Crippen LogP contribution in [0.5, 0.6) is 0 Å². The minimum atomic E-state index is -0.346. The number of fused-ring (bicyclic) bond motifs is 1. The van der Waals surface area contributed by atoms with Gasteiger partial charge in [-0.1, -0.05) is 0 Å². The van der Waals surface area contributed by atoms with E-state index in [0.717, 1.165) is 5.69 Å². The number of aliphatic hydroxyl groups excluding tert-OH is 2. The molecule has 2 fully saturated rings.